The lowest BCUT2D eigenvalue weighted by Crippen LogP contribution is -2.31. The highest BCUT2D eigenvalue weighted by atomic mass is 15.2. The predicted octanol–water partition coefficient (Wildman–Crippen LogP) is 3.94. The molecule has 1 atom stereocenters. The van der Waals surface area contributed by atoms with Gasteiger partial charge in [-0.1, -0.05) is 18.2 Å². The van der Waals surface area contributed by atoms with Crippen molar-refractivity contribution in [2.75, 3.05) is 30.8 Å². The Balaban J connectivity index is 1.54. The zero-order valence-electron chi connectivity index (χ0n) is 12.5. The molecule has 21 heavy (non-hydrogen) atoms. The van der Waals surface area contributed by atoms with Crippen LogP contribution in [0.1, 0.15) is 12.8 Å². The molecule has 2 aromatic carbocycles. The van der Waals surface area contributed by atoms with E-state index in [1.165, 1.54) is 25.1 Å². The number of para-hydroxylation sites is 1. The first-order chi connectivity index (χ1) is 10.3. The summed E-state index contributed by atoms with van der Waals surface area (Å²) in [6.07, 6.45) is 2.62. The van der Waals surface area contributed by atoms with Gasteiger partial charge < -0.3 is 15.5 Å². The Morgan fingerprint density at radius 2 is 1.62 bits per heavy atom. The van der Waals surface area contributed by atoms with Gasteiger partial charge in [-0.05, 0) is 62.8 Å². The first-order valence-electron chi connectivity index (χ1n) is 7.67. The summed E-state index contributed by atoms with van der Waals surface area (Å²) in [6.45, 7) is 2.26. The normalized spacial score (nSPS) is 18.6. The number of nitrogens with one attached hydrogen (secondary N) is 2. The molecule has 2 N–H and O–H groups in total. The predicted molar refractivity (Wildman–Crippen MR) is 90.3 cm³/mol. The third kappa shape index (κ3) is 3.76. The summed E-state index contributed by atoms with van der Waals surface area (Å²) in [7, 11) is 2.21. The monoisotopic (exact) mass is 281 g/mol. The van der Waals surface area contributed by atoms with Crippen LogP contribution >= 0.6 is 0 Å². The van der Waals surface area contributed by atoms with E-state index in [2.05, 4.69) is 59.0 Å². The molecule has 0 amide bonds. The molecular formula is C18H23N3. The van der Waals surface area contributed by atoms with Gasteiger partial charge in [0, 0.05) is 29.6 Å². The number of likely N-dealkylation sites (tertiary alicyclic amines) is 1. The van der Waals surface area contributed by atoms with Gasteiger partial charge >= 0.3 is 0 Å². The van der Waals surface area contributed by atoms with Crippen molar-refractivity contribution in [3.05, 3.63) is 54.6 Å². The van der Waals surface area contributed by atoms with Crippen LogP contribution < -0.4 is 10.6 Å². The highest BCUT2D eigenvalue weighted by Crippen LogP contribution is 2.20. The molecule has 0 radical (unpaired) electrons. The summed E-state index contributed by atoms with van der Waals surface area (Å²) in [5, 5.41) is 6.94. The SMILES string of the molecule is CN1CCCC1CNc1ccc(Nc2ccccc2)cc1. The molecule has 3 heteroatoms. The Kier molecular flexibility index (Phi) is 4.41. The summed E-state index contributed by atoms with van der Waals surface area (Å²) in [4.78, 5) is 2.44. The van der Waals surface area contributed by atoms with E-state index in [4.69, 9.17) is 0 Å². The smallest absolute Gasteiger partial charge is 0.0385 e. The van der Waals surface area contributed by atoms with Gasteiger partial charge in [-0.25, -0.2) is 0 Å². The third-order valence-electron chi connectivity index (χ3n) is 4.16. The van der Waals surface area contributed by atoms with Gasteiger partial charge in [0.05, 0.1) is 0 Å². The van der Waals surface area contributed by atoms with Crippen LogP contribution in [0.4, 0.5) is 17.1 Å². The summed E-state index contributed by atoms with van der Waals surface area (Å²) < 4.78 is 0. The maximum absolute atomic E-state index is 3.54. The van der Waals surface area contributed by atoms with Gasteiger partial charge in [0.1, 0.15) is 0 Å². The van der Waals surface area contributed by atoms with Crippen molar-refractivity contribution in [1.82, 2.24) is 4.90 Å². The lowest BCUT2D eigenvalue weighted by molar-refractivity contribution is 0.322. The van der Waals surface area contributed by atoms with Crippen molar-refractivity contribution in [2.45, 2.75) is 18.9 Å². The quantitative estimate of drug-likeness (QED) is 0.869. The Morgan fingerprint density at radius 3 is 2.29 bits per heavy atom. The van der Waals surface area contributed by atoms with E-state index in [1.807, 2.05) is 18.2 Å². The standard InChI is InChI=1S/C18H23N3/c1-21-13-5-8-18(21)14-19-15-9-11-17(12-10-15)20-16-6-3-2-4-7-16/h2-4,6-7,9-12,18-20H,5,8,13-14H2,1H3. The molecule has 0 bridgehead atoms. The average Bonchev–Trinajstić information content (AvgIpc) is 2.93. The molecular weight excluding hydrogens is 258 g/mol. The van der Waals surface area contributed by atoms with Crippen LogP contribution in [0, 0.1) is 0 Å². The zero-order chi connectivity index (χ0) is 14.5. The number of hydrogen-bond acceptors (Lipinski definition) is 3. The third-order valence-corrected chi connectivity index (χ3v) is 4.16. The molecule has 110 valence electrons. The van der Waals surface area contributed by atoms with Crippen LogP contribution in [-0.2, 0) is 0 Å². The molecule has 0 aliphatic carbocycles. The van der Waals surface area contributed by atoms with Crippen LogP contribution in [0.5, 0.6) is 0 Å². The number of rotatable bonds is 5. The maximum atomic E-state index is 3.54. The minimum Gasteiger partial charge on any atom is -0.383 e. The van der Waals surface area contributed by atoms with Crippen LogP contribution in [0.3, 0.4) is 0 Å². The molecule has 0 aromatic heterocycles. The topological polar surface area (TPSA) is 27.3 Å². The van der Waals surface area contributed by atoms with Crippen LogP contribution in [0.2, 0.25) is 0 Å². The molecule has 1 saturated heterocycles. The number of benzene rings is 2. The van der Waals surface area contributed by atoms with Crippen molar-refractivity contribution in [3.63, 3.8) is 0 Å². The summed E-state index contributed by atoms with van der Waals surface area (Å²) in [5.41, 5.74) is 3.42. The van der Waals surface area contributed by atoms with Crippen molar-refractivity contribution in [2.24, 2.45) is 0 Å². The summed E-state index contributed by atoms with van der Waals surface area (Å²) in [5.74, 6) is 0. The molecule has 1 heterocycles. The minimum absolute atomic E-state index is 0.673. The number of hydrogen-bond donors (Lipinski definition) is 2. The van der Waals surface area contributed by atoms with Gasteiger partial charge in [0.15, 0.2) is 0 Å². The highest BCUT2D eigenvalue weighted by molar-refractivity contribution is 5.62. The Hall–Kier alpha value is -2.00. The summed E-state index contributed by atoms with van der Waals surface area (Å²) in [6, 6.07) is 19.4. The highest BCUT2D eigenvalue weighted by Gasteiger charge is 2.19. The van der Waals surface area contributed by atoms with E-state index in [9.17, 15) is 0 Å². The Bertz CT molecular complexity index is 550. The first-order valence-corrected chi connectivity index (χ1v) is 7.67. The zero-order valence-corrected chi connectivity index (χ0v) is 12.5. The van der Waals surface area contributed by atoms with Crippen molar-refractivity contribution < 1.29 is 0 Å². The Morgan fingerprint density at radius 1 is 0.952 bits per heavy atom. The van der Waals surface area contributed by atoms with Crippen molar-refractivity contribution in [1.29, 1.82) is 0 Å². The molecule has 1 fully saturated rings. The molecule has 0 spiro atoms. The molecule has 1 unspecified atom stereocenters. The second-order valence-corrected chi connectivity index (χ2v) is 5.73. The molecule has 1 aliphatic rings. The number of anilines is 3. The average molecular weight is 281 g/mol. The second kappa shape index (κ2) is 6.64. The Labute approximate surface area is 127 Å². The van der Waals surface area contributed by atoms with Gasteiger partial charge in [-0.15, -0.1) is 0 Å². The van der Waals surface area contributed by atoms with Gasteiger partial charge in [0.25, 0.3) is 0 Å². The molecule has 1 aliphatic heterocycles. The second-order valence-electron chi connectivity index (χ2n) is 5.73. The molecule has 0 saturated carbocycles. The fourth-order valence-corrected chi connectivity index (χ4v) is 2.83. The number of nitrogens with zero attached hydrogens (tertiary/aromatic N) is 1. The van der Waals surface area contributed by atoms with Crippen LogP contribution in [0.15, 0.2) is 54.6 Å². The molecule has 3 nitrogen and oxygen atoms in total. The molecule has 2 aromatic rings. The van der Waals surface area contributed by atoms with Gasteiger partial charge in [-0.3, -0.25) is 0 Å². The van der Waals surface area contributed by atoms with E-state index < -0.39 is 0 Å². The van der Waals surface area contributed by atoms with Gasteiger partial charge in [0.2, 0.25) is 0 Å². The van der Waals surface area contributed by atoms with E-state index in [0.29, 0.717) is 6.04 Å². The van der Waals surface area contributed by atoms with Gasteiger partial charge in [-0.2, -0.15) is 0 Å². The van der Waals surface area contributed by atoms with E-state index in [0.717, 1.165) is 17.9 Å². The summed E-state index contributed by atoms with van der Waals surface area (Å²) >= 11 is 0. The van der Waals surface area contributed by atoms with E-state index in [1.54, 1.807) is 0 Å². The first kappa shape index (κ1) is 14.0. The van der Waals surface area contributed by atoms with Crippen LogP contribution in [0.25, 0.3) is 0 Å². The van der Waals surface area contributed by atoms with E-state index >= 15 is 0 Å². The van der Waals surface area contributed by atoms with E-state index in [-0.39, 0.29) is 0 Å². The lowest BCUT2D eigenvalue weighted by Gasteiger charge is -2.20. The minimum atomic E-state index is 0.673. The lowest BCUT2D eigenvalue weighted by atomic mass is 10.2. The largest absolute Gasteiger partial charge is 0.383 e. The van der Waals surface area contributed by atoms with Crippen molar-refractivity contribution in [3.8, 4) is 0 Å². The van der Waals surface area contributed by atoms with Crippen molar-refractivity contribution >= 4 is 17.1 Å². The maximum Gasteiger partial charge on any atom is 0.0385 e. The molecule has 3 rings (SSSR count). The number of likely N-dealkylation sites (N-methyl/N-ethyl adjacent to an activating group) is 1. The fraction of sp³-hybridized carbons (Fsp3) is 0.333. The van der Waals surface area contributed by atoms with Crippen LogP contribution in [-0.4, -0.2) is 31.1 Å². The fourth-order valence-electron chi connectivity index (χ4n) is 2.83.